The predicted octanol–water partition coefficient (Wildman–Crippen LogP) is 0.734. The van der Waals surface area contributed by atoms with Gasteiger partial charge in [-0.1, -0.05) is 29.8 Å². The lowest BCUT2D eigenvalue weighted by Gasteiger charge is -2.29. The maximum Gasteiger partial charge on any atom is 0.244 e. The summed E-state index contributed by atoms with van der Waals surface area (Å²) in [4.78, 5) is 27.6. The summed E-state index contributed by atoms with van der Waals surface area (Å²) < 4.78 is 5.21. The Morgan fingerprint density at radius 3 is 2.39 bits per heavy atom. The maximum atomic E-state index is 12.4. The topological polar surface area (TPSA) is 75.9 Å². The molecule has 6 nitrogen and oxygen atoms in total. The minimum absolute atomic E-state index is 0. The van der Waals surface area contributed by atoms with Gasteiger partial charge < -0.3 is 20.3 Å². The van der Waals surface area contributed by atoms with Crippen LogP contribution in [0.4, 0.5) is 0 Å². The van der Waals surface area contributed by atoms with Crippen LogP contribution in [0.15, 0.2) is 24.3 Å². The van der Waals surface area contributed by atoms with Crippen LogP contribution in [0.25, 0.3) is 0 Å². The summed E-state index contributed by atoms with van der Waals surface area (Å²) in [5, 5.41) is 0. The summed E-state index contributed by atoms with van der Waals surface area (Å²) in [7, 11) is 1.61. The van der Waals surface area contributed by atoms with E-state index in [-0.39, 0.29) is 30.8 Å². The maximum absolute atomic E-state index is 12.4. The van der Waals surface area contributed by atoms with Crippen LogP contribution < -0.4 is 5.73 Å². The summed E-state index contributed by atoms with van der Waals surface area (Å²) in [5.41, 5.74) is 7.87. The average Bonchev–Trinajstić information content (AvgIpc) is 2.55. The molecule has 0 aliphatic carbocycles. The Morgan fingerprint density at radius 2 is 1.83 bits per heavy atom. The van der Waals surface area contributed by atoms with Crippen molar-refractivity contribution >= 4 is 24.2 Å². The number of carbonyl (C=O) groups excluding carboxylic acids is 2. The number of hydrogen-bond donors (Lipinski definition) is 1. The van der Waals surface area contributed by atoms with Crippen molar-refractivity contribution in [3.63, 3.8) is 0 Å². The van der Waals surface area contributed by atoms with Crippen LogP contribution >= 0.6 is 12.4 Å². The van der Waals surface area contributed by atoms with Crippen molar-refractivity contribution in [2.75, 3.05) is 39.9 Å². The van der Waals surface area contributed by atoms with Crippen molar-refractivity contribution in [3.8, 4) is 0 Å². The number of aryl methyl sites for hydroxylation is 1. The Balaban J connectivity index is 0.00000264. The van der Waals surface area contributed by atoms with Gasteiger partial charge in [0.15, 0.2) is 0 Å². The first-order valence-corrected chi connectivity index (χ1v) is 7.41. The lowest BCUT2D eigenvalue weighted by atomic mass is 10.0. The van der Waals surface area contributed by atoms with Gasteiger partial charge >= 0.3 is 0 Å². The molecule has 1 saturated heterocycles. The molecule has 0 spiro atoms. The highest BCUT2D eigenvalue weighted by Gasteiger charge is 2.24. The Morgan fingerprint density at radius 1 is 1.26 bits per heavy atom. The summed E-state index contributed by atoms with van der Waals surface area (Å²) in [5.74, 6) is -0.333. The van der Waals surface area contributed by atoms with Crippen LogP contribution in [-0.4, -0.2) is 61.5 Å². The van der Waals surface area contributed by atoms with Crippen molar-refractivity contribution < 1.29 is 14.3 Å². The zero-order chi connectivity index (χ0) is 16.1. The summed E-state index contributed by atoms with van der Waals surface area (Å²) in [6.45, 7) is 4.26. The predicted molar refractivity (Wildman–Crippen MR) is 90.4 cm³/mol. The molecule has 1 aliphatic heterocycles. The highest BCUT2D eigenvalue weighted by Crippen LogP contribution is 2.14. The minimum Gasteiger partial charge on any atom is -0.378 e. The minimum atomic E-state index is -0.747. The second-order valence-corrected chi connectivity index (χ2v) is 5.58. The van der Waals surface area contributed by atoms with Gasteiger partial charge in [-0.05, 0) is 12.5 Å². The normalized spacial score (nSPS) is 15.5. The molecule has 1 heterocycles. The molecule has 1 fully saturated rings. The molecule has 1 unspecified atom stereocenters. The molecule has 0 bridgehead atoms. The molecule has 1 aromatic rings. The molecule has 0 radical (unpaired) electrons. The number of rotatable bonds is 4. The van der Waals surface area contributed by atoms with E-state index in [1.165, 1.54) is 4.90 Å². The van der Waals surface area contributed by atoms with Crippen LogP contribution in [0.3, 0.4) is 0 Å². The molecule has 2 rings (SSSR count). The molecule has 2 amide bonds. The van der Waals surface area contributed by atoms with Crippen LogP contribution in [0.1, 0.15) is 17.2 Å². The second-order valence-electron chi connectivity index (χ2n) is 5.58. The first-order valence-electron chi connectivity index (χ1n) is 7.41. The van der Waals surface area contributed by atoms with Gasteiger partial charge in [0, 0.05) is 20.1 Å². The first kappa shape index (κ1) is 19.4. The summed E-state index contributed by atoms with van der Waals surface area (Å²) in [6, 6.07) is 6.77. The van der Waals surface area contributed by atoms with Gasteiger partial charge in [-0.15, -0.1) is 12.4 Å². The molecule has 1 aliphatic rings. The van der Waals surface area contributed by atoms with Gasteiger partial charge in [0.1, 0.15) is 6.04 Å². The van der Waals surface area contributed by atoms with E-state index in [9.17, 15) is 9.59 Å². The largest absolute Gasteiger partial charge is 0.378 e. The third-order valence-electron chi connectivity index (χ3n) is 3.81. The standard InChI is InChI=1S/C16H23N3O3.ClH/c1-12-3-5-13(6-4-12)15(17)16(21)18(2)11-14(20)19-7-9-22-10-8-19;/h3-6,15H,7-11,17H2,1-2H3;1H. The number of likely N-dealkylation sites (N-methyl/N-ethyl adjacent to an activating group) is 1. The van der Waals surface area contributed by atoms with Gasteiger partial charge in [-0.25, -0.2) is 0 Å². The Bertz CT molecular complexity index is 530. The van der Waals surface area contributed by atoms with E-state index in [0.29, 0.717) is 26.3 Å². The molecule has 1 aromatic carbocycles. The monoisotopic (exact) mass is 341 g/mol. The van der Waals surface area contributed by atoms with Crippen molar-refractivity contribution in [1.29, 1.82) is 0 Å². The van der Waals surface area contributed by atoms with Gasteiger partial charge in [0.25, 0.3) is 0 Å². The Labute approximate surface area is 143 Å². The van der Waals surface area contributed by atoms with E-state index in [4.69, 9.17) is 10.5 Å². The molecule has 23 heavy (non-hydrogen) atoms. The number of carbonyl (C=O) groups is 2. The Hall–Kier alpha value is -1.63. The molecule has 0 saturated carbocycles. The zero-order valence-electron chi connectivity index (χ0n) is 13.5. The fourth-order valence-electron chi connectivity index (χ4n) is 2.35. The lowest BCUT2D eigenvalue weighted by molar-refractivity contribution is -0.142. The number of morpholine rings is 1. The first-order chi connectivity index (χ1) is 10.5. The molecule has 1 atom stereocenters. The quantitative estimate of drug-likeness (QED) is 0.876. The third kappa shape index (κ3) is 5.20. The SMILES string of the molecule is Cc1ccc(C(N)C(=O)N(C)CC(=O)N2CCOCC2)cc1.Cl. The molecule has 7 heteroatoms. The van der Waals surface area contributed by atoms with E-state index < -0.39 is 6.04 Å². The smallest absolute Gasteiger partial charge is 0.244 e. The van der Waals surface area contributed by atoms with Crippen molar-refractivity contribution in [3.05, 3.63) is 35.4 Å². The number of ether oxygens (including phenoxy) is 1. The zero-order valence-corrected chi connectivity index (χ0v) is 14.3. The number of nitrogens with two attached hydrogens (primary N) is 1. The van der Waals surface area contributed by atoms with E-state index >= 15 is 0 Å². The number of hydrogen-bond acceptors (Lipinski definition) is 4. The molecular weight excluding hydrogens is 318 g/mol. The van der Waals surface area contributed by atoms with Gasteiger partial charge in [0.2, 0.25) is 11.8 Å². The van der Waals surface area contributed by atoms with Crippen molar-refractivity contribution in [2.45, 2.75) is 13.0 Å². The van der Waals surface area contributed by atoms with Gasteiger partial charge in [0.05, 0.1) is 19.8 Å². The highest BCUT2D eigenvalue weighted by molar-refractivity contribution is 5.88. The van der Waals surface area contributed by atoms with Crippen LogP contribution in [0.2, 0.25) is 0 Å². The average molecular weight is 342 g/mol. The Kier molecular flexibility index (Phi) is 7.48. The molecule has 0 aromatic heterocycles. The molecule has 128 valence electrons. The molecule has 2 N–H and O–H groups in total. The van der Waals surface area contributed by atoms with Gasteiger partial charge in [-0.3, -0.25) is 9.59 Å². The number of benzene rings is 1. The van der Waals surface area contributed by atoms with E-state index in [1.54, 1.807) is 11.9 Å². The second kappa shape index (κ2) is 8.86. The van der Waals surface area contributed by atoms with Crippen molar-refractivity contribution in [1.82, 2.24) is 9.80 Å². The van der Waals surface area contributed by atoms with Gasteiger partial charge in [-0.2, -0.15) is 0 Å². The van der Waals surface area contributed by atoms with Crippen LogP contribution in [0.5, 0.6) is 0 Å². The summed E-state index contributed by atoms with van der Waals surface area (Å²) >= 11 is 0. The number of amides is 2. The lowest BCUT2D eigenvalue weighted by Crippen LogP contribution is -2.47. The highest BCUT2D eigenvalue weighted by atomic mass is 35.5. The summed E-state index contributed by atoms with van der Waals surface area (Å²) in [6.07, 6.45) is 0. The van der Waals surface area contributed by atoms with Crippen LogP contribution in [0, 0.1) is 6.92 Å². The fourth-order valence-corrected chi connectivity index (χ4v) is 2.35. The number of halogens is 1. The van der Waals surface area contributed by atoms with E-state index in [1.807, 2.05) is 31.2 Å². The van der Waals surface area contributed by atoms with E-state index in [2.05, 4.69) is 0 Å². The third-order valence-corrected chi connectivity index (χ3v) is 3.81. The number of nitrogens with zero attached hydrogens (tertiary/aromatic N) is 2. The van der Waals surface area contributed by atoms with E-state index in [0.717, 1.165) is 11.1 Å². The van der Waals surface area contributed by atoms with Crippen LogP contribution in [-0.2, 0) is 14.3 Å². The molecular formula is C16H24ClN3O3. The van der Waals surface area contributed by atoms with Crippen molar-refractivity contribution in [2.24, 2.45) is 5.73 Å². The fraction of sp³-hybridized carbons (Fsp3) is 0.500.